The summed E-state index contributed by atoms with van der Waals surface area (Å²) in [5.74, 6) is -0.211. The highest BCUT2D eigenvalue weighted by Crippen LogP contribution is 2.14. The van der Waals surface area contributed by atoms with Gasteiger partial charge in [-0.15, -0.1) is 0 Å². The molecule has 86 valence electrons. The lowest BCUT2D eigenvalue weighted by atomic mass is 10.1. The molecule has 0 fully saturated rings. The van der Waals surface area contributed by atoms with Gasteiger partial charge >= 0.3 is 0 Å². The normalized spacial score (nSPS) is 9.62. The zero-order chi connectivity index (χ0) is 12.0. The first-order chi connectivity index (χ1) is 7.63. The molecule has 5 heteroatoms. The molecule has 0 unspecified atom stereocenters. The molecular weight excluding hydrogens is 272 g/mol. The molecule has 0 aliphatic carbocycles. The molecule has 0 spiro atoms. The molecule has 2 amide bonds. The maximum Gasteiger partial charge on any atom is 0.230 e. The fraction of sp³-hybridized carbons (Fsp3) is 0.273. The van der Waals surface area contributed by atoms with Crippen molar-refractivity contribution >= 4 is 33.4 Å². The minimum atomic E-state index is -0.126. The maximum absolute atomic E-state index is 11.1. The minimum Gasteiger partial charge on any atom is -0.351 e. The average molecular weight is 285 g/mol. The summed E-state index contributed by atoms with van der Waals surface area (Å²) >= 11 is 3.07. The highest BCUT2D eigenvalue weighted by molar-refractivity contribution is 9.09. The second-order valence-electron chi connectivity index (χ2n) is 3.25. The van der Waals surface area contributed by atoms with Crippen molar-refractivity contribution in [3.05, 3.63) is 29.8 Å². The molecule has 2 N–H and O–H groups in total. The van der Waals surface area contributed by atoms with Crippen LogP contribution in [-0.4, -0.2) is 17.1 Å². The van der Waals surface area contributed by atoms with Gasteiger partial charge in [0.25, 0.3) is 0 Å². The van der Waals surface area contributed by atoms with Gasteiger partial charge in [-0.25, -0.2) is 0 Å². The van der Waals surface area contributed by atoms with Gasteiger partial charge in [0.15, 0.2) is 0 Å². The predicted octanol–water partition coefficient (Wildman–Crippen LogP) is 1.66. The van der Waals surface area contributed by atoms with Crippen molar-refractivity contribution in [1.82, 2.24) is 5.32 Å². The molecule has 0 bridgehead atoms. The SMILES string of the molecule is CC(=O)Nc1ccccc1CNC(=O)CBr. The summed E-state index contributed by atoms with van der Waals surface area (Å²) in [5.41, 5.74) is 1.61. The monoisotopic (exact) mass is 284 g/mol. The van der Waals surface area contributed by atoms with Gasteiger partial charge in [0, 0.05) is 19.2 Å². The molecule has 1 aromatic rings. The number of carbonyl (C=O) groups is 2. The fourth-order valence-corrected chi connectivity index (χ4v) is 1.43. The summed E-state index contributed by atoms with van der Waals surface area (Å²) in [6.45, 7) is 1.86. The highest BCUT2D eigenvalue weighted by atomic mass is 79.9. The van der Waals surface area contributed by atoms with Crippen LogP contribution in [-0.2, 0) is 16.1 Å². The van der Waals surface area contributed by atoms with Crippen LogP contribution >= 0.6 is 15.9 Å². The van der Waals surface area contributed by atoms with Crippen LogP contribution in [0.5, 0.6) is 0 Å². The van der Waals surface area contributed by atoms with Crippen LogP contribution in [0.15, 0.2) is 24.3 Å². The van der Waals surface area contributed by atoms with Gasteiger partial charge in [-0.2, -0.15) is 0 Å². The third-order valence-electron chi connectivity index (χ3n) is 1.93. The number of hydrogen-bond donors (Lipinski definition) is 2. The third kappa shape index (κ3) is 4.02. The average Bonchev–Trinajstić information content (AvgIpc) is 2.26. The summed E-state index contributed by atoms with van der Waals surface area (Å²) < 4.78 is 0. The van der Waals surface area contributed by atoms with Crippen LogP contribution in [0.1, 0.15) is 12.5 Å². The first-order valence-electron chi connectivity index (χ1n) is 4.81. The second kappa shape index (κ2) is 6.27. The van der Waals surface area contributed by atoms with Crippen LogP contribution in [0.3, 0.4) is 0 Å². The van der Waals surface area contributed by atoms with Gasteiger partial charge in [-0.1, -0.05) is 34.1 Å². The summed E-state index contributed by atoms with van der Waals surface area (Å²) in [6.07, 6.45) is 0. The number of carbonyl (C=O) groups excluding carboxylic acids is 2. The Morgan fingerprint density at radius 2 is 2.00 bits per heavy atom. The lowest BCUT2D eigenvalue weighted by molar-refractivity contribution is -0.118. The number of nitrogens with one attached hydrogen (secondary N) is 2. The van der Waals surface area contributed by atoms with Crippen molar-refractivity contribution in [2.45, 2.75) is 13.5 Å². The van der Waals surface area contributed by atoms with Crippen molar-refractivity contribution in [3.63, 3.8) is 0 Å². The van der Waals surface area contributed by atoms with E-state index < -0.39 is 0 Å². The number of alkyl halides is 1. The molecule has 1 rings (SSSR count). The molecule has 1 aromatic carbocycles. The molecule has 16 heavy (non-hydrogen) atoms. The van der Waals surface area contributed by atoms with Gasteiger partial charge in [-0.3, -0.25) is 9.59 Å². The zero-order valence-electron chi connectivity index (χ0n) is 8.92. The number of halogens is 1. The van der Waals surface area contributed by atoms with E-state index in [2.05, 4.69) is 26.6 Å². The summed E-state index contributed by atoms with van der Waals surface area (Å²) in [5, 5.41) is 5.71. The third-order valence-corrected chi connectivity index (χ3v) is 2.43. The van der Waals surface area contributed by atoms with Crippen LogP contribution in [0, 0.1) is 0 Å². The van der Waals surface area contributed by atoms with Crippen molar-refractivity contribution in [3.8, 4) is 0 Å². The predicted molar refractivity (Wildman–Crippen MR) is 66.4 cm³/mol. The molecule has 0 aliphatic heterocycles. The zero-order valence-corrected chi connectivity index (χ0v) is 10.5. The Morgan fingerprint density at radius 3 is 2.62 bits per heavy atom. The van der Waals surface area contributed by atoms with Crippen LogP contribution in [0.25, 0.3) is 0 Å². The first-order valence-corrected chi connectivity index (χ1v) is 5.93. The van der Waals surface area contributed by atoms with Crippen molar-refractivity contribution in [1.29, 1.82) is 0 Å². The van der Waals surface area contributed by atoms with E-state index in [0.717, 1.165) is 11.3 Å². The minimum absolute atomic E-state index is 0.0855. The van der Waals surface area contributed by atoms with Crippen LogP contribution < -0.4 is 10.6 Å². The number of rotatable bonds is 4. The van der Waals surface area contributed by atoms with E-state index >= 15 is 0 Å². The number of para-hydroxylation sites is 1. The Morgan fingerprint density at radius 1 is 1.31 bits per heavy atom. The van der Waals surface area contributed by atoms with E-state index in [-0.39, 0.29) is 17.1 Å². The number of hydrogen-bond acceptors (Lipinski definition) is 2. The van der Waals surface area contributed by atoms with E-state index in [1.165, 1.54) is 6.92 Å². The Hall–Kier alpha value is -1.36. The lowest BCUT2D eigenvalue weighted by Gasteiger charge is -2.10. The van der Waals surface area contributed by atoms with E-state index in [0.29, 0.717) is 6.54 Å². The second-order valence-corrected chi connectivity index (χ2v) is 3.81. The fourth-order valence-electron chi connectivity index (χ4n) is 1.23. The van der Waals surface area contributed by atoms with Gasteiger partial charge < -0.3 is 10.6 Å². The molecule has 4 nitrogen and oxygen atoms in total. The Kier molecular flexibility index (Phi) is 4.98. The van der Waals surface area contributed by atoms with Crippen LogP contribution in [0.2, 0.25) is 0 Å². The lowest BCUT2D eigenvalue weighted by Crippen LogP contribution is -2.24. The number of anilines is 1. The molecule has 0 saturated heterocycles. The summed E-state index contributed by atoms with van der Waals surface area (Å²) in [7, 11) is 0. The van der Waals surface area contributed by atoms with Crippen LogP contribution in [0.4, 0.5) is 5.69 Å². The van der Waals surface area contributed by atoms with Gasteiger partial charge in [0.05, 0.1) is 5.33 Å². The molecule has 0 atom stereocenters. The van der Waals surface area contributed by atoms with Crippen molar-refractivity contribution < 1.29 is 9.59 Å². The topological polar surface area (TPSA) is 58.2 Å². The van der Waals surface area contributed by atoms with E-state index in [9.17, 15) is 9.59 Å². The van der Waals surface area contributed by atoms with Crippen molar-refractivity contribution in [2.24, 2.45) is 0 Å². The Labute approximate surface area is 103 Å². The van der Waals surface area contributed by atoms with Gasteiger partial charge in [0.2, 0.25) is 11.8 Å². The smallest absolute Gasteiger partial charge is 0.230 e. The summed E-state index contributed by atoms with van der Waals surface area (Å²) in [4.78, 5) is 22.0. The molecule has 0 heterocycles. The molecular formula is C11H13BrN2O2. The van der Waals surface area contributed by atoms with Gasteiger partial charge in [-0.05, 0) is 11.6 Å². The van der Waals surface area contributed by atoms with E-state index in [1.54, 1.807) is 6.07 Å². The quantitative estimate of drug-likeness (QED) is 0.826. The van der Waals surface area contributed by atoms with Gasteiger partial charge in [0.1, 0.15) is 0 Å². The number of amides is 2. The van der Waals surface area contributed by atoms with E-state index in [1.807, 2.05) is 18.2 Å². The molecule has 0 radical (unpaired) electrons. The molecule has 0 saturated carbocycles. The Balaban J connectivity index is 2.70. The van der Waals surface area contributed by atoms with Crippen molar-refractivity contribution in [2.75, 3.05) is 10.6 Å². The largest absolute Gasteiger partial charge is 0.351 e. The standard InChI is InChI=1S/C11H13BrN2O2/c1-8(15)14-10-5-3-2-4-9(10)7-13-11(16)6-12/h2-5H,6-7H2,1H3,(H,13,16)(H,14,15). The molecule has 0 aliphatic rings. The molecule has 0 aromatic heterocycles. The summed E-state index contributed by atoms with van der Waals surface area (Å²) in [6, 6.07) is 7.36. The first kappa shape index (κ1) is 12.7. The van der Waals surface area contributed by atoms with E-state index in [4.69, 9.17) is 0 Å². The Bertz CT molecular complexity index is 393. The number of benzene rings is 1. The highest BCUT2D eigenvalue weighted by Gasteiger charge is 2.04. The maximum atomic E-state index is 11.1.